The van der Waals surface area contributed by atoms with Crippen molar-refractivity contribution in [3.05, 3.63) is 0 Å². The van der Waals surface area contributed by atoms with Gasteiger partial charge in [-0.05, 0) is 78.4 Å². The summed E-state index contributed by atoms with van der Waals surface area (Å²) < 4.78 is 6.06. The summed E-state index contributed by atoms with van der Waals surface area (Å²) in [5, 5.41) is 0. The van der Waals surface area contributed by atoms with E-state index in [1.807, 2.05) is 19.0 Å². The van der Waals surface area contributed by atoms with Crippen LogP contribution in [-0.4, -0.2) is 67.8 Å². The molecule has 0 fully saturated rings. The SMILES string of the molecule is CCCCCCCCCCCC(CCCCCCCCCCC)OC(=O)CCCCN(CCCCC=O)C(=O)CCCN(C)C. The molecule has 0 unspecified atom stereocenters. The normalized spacial score (nSPS) is 11.4. The highest BCUT2D eigenvalue weighted by molar-refractivity contribution is 5.76. The Labute approximate surface area is 280 Å². The van der Waals surface area contributed by atoms with Crippen molar-refractivity contribution in [1.29, 1.82) is 0 Å². The first kappa shape index (κ1) is 43.6. The van der Waals surface area contributed by atoms with Gasteiger partial charge >= 0.3 is 5.97 Å². The number of carbonyl (C=O) groups excluding carboxylic acids is 3. The van der Waals surface area contributed by atoms with Gasteiger partial charge in [0.1, 0.15) is 12.4 Å². The third-order valence-corrected chi connectivity index (χ3v) is 8.97. The van der Waals surface area contributed by atoms with Crippen LogP contribution in [0.2, 0.25) is 0 Å². The largest absolute Gasteiger partial charge is 0.462 e. The zero-order chi connectivity index (χ0) is 33.2. The van der Waals surface area contributed by atoms with E-state index in [1.54, 1.807) is 0 Å². The molecule has 6 nitrogen and oxygen atoms in total. The maximum Gasteiger partial charge on any atom is 0.306 e. The van der Waals surface area contributed by atoms with Gasteiger partial charge in [-0.1, -0.05) is 117 Å². The van der Waals surface area contributed by atoms with Crippen molar-refractivity contribution in [2.45, 2.75) is 200 Å². The fourth-order valence-corrected chi connectivity index (χ4v) is 6.04. The Bertz CT molecular complexity index is 647. The molecule has 0 saturated heterocycles. The molecule has 0 aromatic heterocycles. The lowest BCUT2D eigenvalue weighted by Gasteiger charge is -2.23. The molecule has 0 saturated carbocycles. The van der Waals surface area contributed by atoms with Crippen molar-refractivity contribution >= 4 is 18.2 Å². The number of amides is 1. The second-order valence-electron chi connectivity index (χ2n) is 13.8. The van der Waals surface area contributed by atoms with Crippen LogP contribution in [0.25, 0.3) is 0 Å². The van der Waals surface area contributed by atoms with Crippen LogP contribution in [-0.2, 0) is 19.1 Å². The van der Waals surface area contributed by atoms with Crippen molar-refractivity contribution in [2.24, 2.45) is 0 Å². The molecule has 45 heavy (non-hydrogen) atoms. The lowest BCUT2D eigenvalue weighted by atomic mass is 10.0. The number of unbranched alkanes of at least 4 members (excludes halogenated alkanes) is 19. The first-order valence-corrected chi connectivity index (χ1v) is 19.5. The van der Waals surface area contributed by atoms with E-state index in [1.165, 1.54) is 103 Å². The number of esters is 1. The van der Waals surface area contributed by atoms with Crippen molar-refractivity contribution in [3.8, 4) is 0 Å². The predicted molar refractivity (Wildman–Crippen MR) is 192 cm³/mol. The Hall–Kier alpha value is -1.43. The monoisotopic (exact) mass is 637 g/mol. The Morgan fingerprint density at radius 3 is 1.49 bits per heavy atom. The maximum absolute atomic E-state index is 12.9. The second-order valence-corrected chi connectivity index (χ2v) is 13.8. The molecular weight excluding hydrogens is 560 g/mol. The minimum absolute atomic E-state index is 0.0548. The first-order chi connectivity index (χ1) is 21.9. The van der Waals surface area contributed by atoms with Crippen LogP contribution in [0.3, 0.4) is 0 Å². The number of carbonyl (C=O) groups is 3. The van der Waals surface area contributed by atoms with Gasteiger partial charge in [0.2, 0.25) is 5.91 Å². The van der Waals surface area contributed by atoms with E-state index < -0.39 is 0 Å². The van der Waals surface area contributed by atoms with Gasteiger partial charge in [-0.2, -0.15) is 0 Å². The van der Waals surface area contributed by atoms with Gasteiger partial charge < -0.3 is 19.3 Å². The van der Waals surface area contributed by atoms with Crippen molar-refractivity contribution in [1.82, 2.24) is 9.80 Å². The summed E-state index contributed by atoms with van der Waals surface area (Å²) in [4.78, 5) is 40.5. The van der Waals surface area contributed by atoms with E-state index in [9.17, 15) is 14.4 Å². The number of rotatable bonds is 35. The average Bonchev–Trinajstić information content (AvgIpc) is 3.01. The van der Waals surface area contributed by atoms with Gasteiger partial charge in [0.25, 0.3) is 0 Å². The van der Waals surface area contributed by atoms with E-state index in [0.29, 0.717) is 32.4 Å². The van der Waals surface area contributed by atoms with Crippen LogP contribution < -0.4 is 0 Å². The van der Waals surface area contributed by atoms with Gasteiger partial charge in [0.05, 0.1) is 0 Å². The van der Waals surface area contributed by atoms with Crippen molar-refractivity contribution in [3.63, 3.8) is 0 Å². The van der Waals surface area contributed by atoms with Gasteiger partial charge in [0, 0.05) is 32.4 Å². The summed E-state index contributed by atoms with van der Waals surface area (Å²) in [6, 6.07) is 0. The Kier molecular flexibility index (Phi) is 32.8. The van der Waals surface area contributed by atoms with Gasteiger partial charge in [-0.3, -0.25) is 9.59 Å². The Morgan fingerprint density at radius 1 is 0.556 bits per heavy atom. The molecule has 0 radical (unpaired) electrons. The molecule has 0 heterocycles. The molecule has 6 heteroatoms. The quantitative estimate of drug-likeness (QED) is 0.0393. The predicted octanol–water partition coefficient (Wildman–Crippen LogP) is 10.4. The van der Waals surface area contributed by atoms with Gasteiger partial charge in [-0.25, -0.2) is 0 Å². The summed E-state index contributed by atoms with van der Waals surface area (Å²) >= 11 is 0. The van der Waals surface area contributed by atoms with Crippen LogP contribution in [0.1, 0.15) is 194 Å². The van der Waals surface area contributed by atoms with Crippen molar-refractivity contribution < 1.29 is 19.1 Å². The van der Waals surface area contributed by atoms with Crippen LogP contribution >= 0.6 is 0 Å². The molecule has 0 aromatic carbocycles. The molecule has 0 aromatic rings. The molecule has 0 spiro atoms. The van der Waals surface area contributed by atoms with E-state index >= 15 is 0 Å². The number of hydrogen-bond acceptors (Lipinski definition) is 5. The van der Waals surface area contributed by atoms with Crippen LogP contribution in [0.15, 0.2) is 0 Å². The summed E-state index contributed by atoms with van der Waals surface area (Å²) in [6.45, 7) is 6.80. The number of nitrogens with zero attached hydrogens (tertiary/aromatic N) is 2. The zero-order valence-corrected chi connectivity index (χ0v) is 30.6. The molecule has 0 rings (SSSR count). The summed E-state index contributed by atoms with van der Waals surface area (Å²) in [5.41, 5.74) is 0. The molecule has 0 N–H and O–H groups in total. The van der Waals surface area contributed by atoms with E-state index in [4.69, 9.17) is 4.74 Å². The van der Waals surface area contributed by atoms with Gasteiger partial charge in [0.15, 0.2) is 0 Å². The minimum Gasteiger partial charge on any atom is -0.462 e. The summed E-state index contributed by atoms with van der Waals surface area (Å²) in [6.07, 6.45) is 32.2. The Balaban J connectivity index is 4.56. The maximum atomic E-state index is 12.9. The molecular formula is C39H76N2O4. The standard InChI is InChI=1S/C39H76N2O4/c1-5-7-9-11-13-15-17-19-22-29-37(30-23-20-18-16-14-12-10-8-6-2)45-39(44)32-24-26-35-41(34-25-21-27-36-42)38(43)31-28-33-40(3)4/h36-37H,5-35H2,1-4H3. The zero-order valence-electron chi connectivity index (χ0n) is 30.6. The van der Waals surface area contributed by atoms with Crippen molar-refractivity contribution in [2.75, 3.05) is 33.7 Å². The first-order valence-electron chi connectivity index (χ1n) is 19.5. The average molecular weight is 637 g/mol. The lowest BCUT2D eigenvalue weighted by molar-refractivity contribution is -0.150. The topological polar surface area (TPSA) is 66.9 Å². The fourth-order valence-electron chi connectivity index (χ4n) is 6.04. The highest BCUT2D eigenvalue weighted by Crippen LogP contribution is 2.19. The van der Waals surface area contributed by atoms with E-state index in [-0.39, 0.29) is 18.0 Å². The summed E-state index contributed by atoms with van der Waals surface area (Å²) in [7, 11) is 4.05. The second kappa shape index (κ2) is 33.9. The van der Waals surface area contributed by atoms with E-state index in [0.717, 1.165) is 70.6 Å². The van der Waals surface area contributed by atoms with Gasteiger partial charge in [-0.15, -0.1) is 0 Å². The van der Waals surface area contributed by atoms with E-state index in [2.05, 4.69) is 18.7 Å². The number of hydrogen-bond donors (Lipinski definition) is 0. The third kappa shape index (κ3) is 31.0. The third-order valence-electron chi connectivity index (χ3n) is 8.97. The minimum atomic E-state index is -0.0679. The lowest BCUT2D eigenvalue weighted by Crippen LogP contribution is -2.33. The van der Waals surface area contributed by atoms with Crippen LogP contribution in [0.5, 0.6) is 0 Å². The van der Waals surface area contributed by atoms with Crippen LogP contribution in [0, 0.1) is 0 Å². The molecule has 0 aliphatic heterocycles. The highest BCUT2D eigenvalue weighted by atomic mass is 16.5. The summed E-state index contributed by atoms with van der Waals surface area (Å²) in [5.74, 6) is 0.120. The molecule has 0 bridgehead atoms. The molecule has 0 aliphatic rings. The van der Waals surface area contributed by atoms with Crippen LogP contribution in [0.4, 0.5) is 0 Å². The molecule has 0 aliphatic carbocycles. The molecule has 266 valence electrons. The molecule has 1 amide bonds. The number of aldehydes is 1. The Morgan fingerprint density at radius 2 is 1.02 bits per heavy atom. The fraction of sp³-hybridized carbons (Fsp3) is 0.923. The highest BCUT2D eigenvalue weighted by Gasteiger charge is 2.16. The molecule has 0 atom stereocenters. The smallest absolute Gasteiger partial charge is 0.306 e. The number of ether oxygens (including phenoxy) is 1.